The molecule has 0 unspecified atom stereocenters. The van der Waals surface area contributed by atoms with E-state index in [2.05, 4.69) is 15.3 Å². The standard InChI is InChI=1S/C19H14N4O5S/c24-18-13(5-11-1-3-14-16(6-11)27-9-25-14)21-22-19(29)23(18)20-8-12-2-4-15-17(7-12)28-10-26-15/h1-4,6-8H,5,9-10H2,(H,22,29)/b20-8+. The molecule has 5 rings (SSSR count). The van der Waals surface area contributed by atoms with Gasteiger partial charge in [0, 0.05) is 6.42 Å². The predicted octanol–water partition coefficient (Wildman–Crippen LogP) is 2.23. The van der Waals surface area contributed by atoms with Gasteiger partial charge in [0.2, 0.25) is 18.4 Å². The van der Waals surface area contributed by atoms with Gasteiger partial charge in [0.05, 0.1) is 6.21 Å². The van der Waals surface area contributed by atoms with E-state index in [1.807, 2.05) is 18.2 Å². The quantitative estimate of drug-likeness (QED) is 0.520. The molecule has 1 N–H and O–H groups in total. The van der Waals surface area contributed by atoms with Crippen molar-refractivity contribution in [2.45, 2.75) is 6.42 Å². The van der Waals surface area contributed by atoms with E-state index in [0.29, 0.717) is 29.4 Å². The molecule has 10 heteroatoms. The third kappa shape index (κ3) is 3.34. The third-order valence-electron chi connectivity index (χ3n) is 4.45. The van der Waals surface area contributed by atoms with Crippen LogP contribution in [0.3, 0.4) is 0 Å². The number of nitrogens with zero attached hydrogens (tertiary/aromatic N) is 3. The molecule has 9 nitrogen and oxygen atoms in total. The van der Waals surface area contributed by atoms with Gasteiger partial charge < -0.3 is 18.9 Å². The van der Waals surface area contributed by atoms with Gasteiger partial charge in [-0.3, -0.25) is 9.89 Å². The average Bonchev–Trinajstić information content (AvgIpc) is 3.38. The van der Waals surface area contributed by atoms with Crippen LogP contribution in [0, 0.1) is 4.77 Å². The van der Waals surface area contributed by atoms with E-state index >= 15 is 0 Å². The van der Waals surface area contributed by atoms with Crippen molar-refractivity contribution in [2.75, 3.05) is 13.6 Å². The molecule has 0 radical (unpaired) electrons. The molecular weight excluding hydrogens is 396 g/mol. The van der Waals surface area contributed by atoms with Gasteiger partial charge in [-0.2, -0.15) is 14.9 Å². The lowest BCUT2D eigenvalue weighted by atomic mass is 10.1. The van der Waals surface area contributed by atoms with Crippen molar-refractivity contribution in [3.05, 3.63) is 68.3 Å². The van der Waals surface area contributed by atoms with E-state index in [1.54, 1.807) is 18.2 Å². The molecule has 29 heavy (non-hydrogen) atoms. The minimum Gasteiger partial charge on any atom is -0.454 e. The number of rotatable bonds is 4. The van der Waals surface area contributed by atoms with Crippen molar-refractivity contribution in [1.29, 1.82) is 0 Å². The van der Waals surface area contributed by atoms with Crippen molar-refractivity contribution < 1.29 is 18.9 Å². The fourth-order valence-corrected chi connectivity index (χ4v) is 3.18. The smallest absolute Gasteiger partial charge is 0.297 e. The second-order valence-electron chi connectivity index (χ2n) is 6.31. The van der Waals surface area contributed by atoms with Crippen LogP contribution in [-0.2, 0) is 6.42 Å². The van der Waals surface area contributed by atoms with Crippen LogP contribution in [0.25, 0.3) is 0 Å². The minimum atomic E-state index is -0.400. The van der Waals surface area contributed by atoms with Crippen LogP contribution >= 0.6 is 12.2 Å². The number of fused-ring (bicyclic) bond motifs is 2. The van der Waals surface area contributed by atoms with E-state index in [1.165, 1.54) is 6.21 Å². The van der Waals surface area contributed by atoms with Crippen molar-refractivity contribution in [3.8, 4) is 23.0 Å². The van der Waals surface area contributed by atoms with Gasteiger partial charge in [0.1, 0.15) is 5.69 Å². The number of nitrogens with one attached hydrogen (secondary N) is 1. The van der Waals surface area contributed by atoms with Gasteiger partial charge in [0.25, 0.3) is 5.56 Å². The molecule has 0 atom stereocenters. The zero-order valence-corrected chi connectivity index (χ0v) is 15.8. The minimum absolute atomic E-state index is 0.0985. The van der Waals surface area contributed by atoms with Crippen molar-refractivity contribution in [3.63, 3.8) is 0 Å². The van der Waals surface area contributed by atoms with Gasteiger partial charge in [-0.25, -0.2) is 0 Å². The molecule has 2 aromatic carbocycles. The monoisotopic (exact) mass is 410 g/mol. The molecule has 3 heterocycles. The summed E-state index contributed by atoms with van der Waals surface area (Å²) < 4.78 is 22.5. The molecule has 0 amide bonds. The number of H-pyrrole nitrogens is 1. The summed E-state index contributed by atoms with van der Waals surface area (Å²) in [5.74, 6) is 2.63. The van der Waals surface area contributed by atoms with Crippen LogP contribution in [-0.4, -0.2) is 34.7 Å². The molecule has 2 aliphatic rings. The molecule has 2 aliphatic heterocycles. The molecule has 146 valence electrons. The zero-order valence-electron chi connectivity index (χ0n) is 15.0. The molecule has 1 aromatic heterocycles. The van der Waals surface area contributed by atoms with Gasteiger partial charge in [-0.1, -0.05) is 6.07 Å². The topological polar surface area (TPSA) is 100.0 Å². The summed E-state index contributed by atoms with van der Waals surface area (Å²) in [7, 11) is 0. The Bertz CT molecular complexity index is 1250. The summed E-state index contributed by atoms with van der Waals surface area (Å²) >= 11 is 5.17. The largest absolute Gasteiger partial charge is 0.454 e. The number of ether oxygens (including phenoxy) is 4. The summed E-state index contributed by atoms with van der Waals surface area (Å²) in [5, 5.41) is 11.0. The van der Waals surface area contributed by atoms with E-state index in [9.17, 15) is 4.79 Å². The van der Waals surface area contributed by atoms with Crippen LogP contribution in [0.4, 0.5) is 0 Å². The highest BCUT2D eigenvalue weighted by Gasteiger charge is 2.15. The highest BCUT2D eigenvalue weighted by Crippen LogP contribution is 2.33. The van der Waals surface area contributed by atoms with Crippen LogP contribution in [0.2, 0.25) is 0 Å². The average molecular weight is 410 g/mol. The number of aromatic nitrogens is 3. The third-order valence-corrected chi connectivity index (χ3v) is 4.71. The Morgan fingerprint density at radius 1 is 1.03 bits per heavy atom. The first-order valence-corrected chi connectivity index (χ1v) is 9.11. The molecule has 0 aliphatic carbocycles. The SMILES string of the molecule is O=c1c(Cc2ccc3c(c2)OCO3)n[nH]c(=S)n1/N=C/c1ccc2c(c1)OCO2. The number of hydrogen-bond acceptors (Lipinski definition) is 8. The molecule has 0 fully saturated rings. The molecule has 0 saturated heterocycles. The maximum absolute atomic E-state index is 12.8. The van der Waals surface area contributed by atoms with E-state index in [-0.39, 0.29) is 24.1 Å². The van der Waals surface area contributed by atoms with Gasteiger partial charge in [0.15, 0.2) is 23.0 Å². The highest BCUT2D eigenvalue weighted by molar-refractivity contribution is 7.71. The Balaban J connectivity index is 1.43. The number of aromatic amines is 1. The Labute approximate surface area is 169 Å². The lowest BCUT2D eigenvalue weighted by molar-refractivity contribution is 0.173. The van der Waals surface area contributed by atoms with Crippen LogP contribution in [0.5, 0.6) is 23.0 Å². The first kappa shape index (κ1) is 17.4. The zero-order chi connectivity index (χ0) is 19.8. The number of benzene rings is 2. The lowest BCUT2D eigenvalue weighted by Crippen LogP contribution is -2.25. The second-order valence-corrected chi connectivity index (χ2v) is 6.70. The van der Waals surface area contributed by atoms with Gasteiger partial charge in [-0.05, 0) is 53.7 Å². The first-order valence-electron chi connectivity index (χ1n) is 8.70. The number of hydrogen-bond donors (Lipinski definition) is 1. The Morgan fingerprint density at radius 3 is 2.52 bits per heavy atom. The maximum atomic E-state index is 12.8. The second kappa shape index (κ2) is 7.06. The Kier molecular flexibility index (Phi) is 4.24. The van der Waals surface area contributed by atoms with Crippen LogP contribution in [0.1, 0.15) is 16.8 Å². The predicted molar refractivity (Wildman–Crippen MR) is 105 cm³/mol. The molecule has 3 aromatic rings. The summed E-state index contributed by atoms with van der Waals surface area (Å²) in [6.45, 7) is 0.380. The van der Waals surface area contributed by atoms with Crippen LogP contribution in [0.15, 0.2) is 46.3 Å². The van der Waals surface area contributed by atoms with E-state index in [0.717, 1.165) is 15.8 Å². The summed E-state index contributed by atoms with van der Waals surface area (Å²) in [6, 6.07) is 10.9. The van der Waals surface area contributed by atoms with E-state index < -0.39 is 5.56 Å². The van der Waals surface area contributed by atoms with Crippen molar-refractivity contribution >= 4 is 18.4 Å². The Hall–Kier alpha value is -3.66. The van der Waals surface area contributed by atoms with Crippen molar-refractivity contribution in [1.82, 2.24) is 14.9 Å². The van der Waals surface area contributed by atoms with E-state index in [4.69, 9.17) is 31.2 Å². The van der Waals surface area contributed by atoms with Crippen LogP contribution < -0.4 is 24.5 Å². The fourth-order valence-electron chi connectivity index (χ4n) is 3.01. The Morgan fingerprint density at radius 2 is 1.72 bits per heavy atom. The first-order chi connectivity index (χ1) is 14.2. The van der Waals surface area contributed by atoms with Gasteiger partial charge in [-0.15, -0.1) is 0 Å². The molecule has 0 saturated carbocycles. The highest BCUT2D eigenvalue weighted by atomic mass is 32.1. The summed E-state index contributed by atoms with van der Waals surface area (Å²) in [4.78, 5) is 12.8. The molecule has 0 spiro atoms. The molecular formula is C19H14N4O5S. The fraction of sp³-hybridized carbons (Fsp3) is 0.158. The van der Waals surface area contributed by atoms with Crippen molar-refractivity contribution in [2.24, 2.45) is 5.10 Å². The maximum Gasteiger partial charge on any atom is 0.297 e. The normalized spacial score (nSPS) is 13.9. The molecule has 0 bridgehead atoms. The van der Waals surface area contributed by atoms with Gasteiger partial charge >= 0.3 is 0 Å². The summed E-state index contributed by atoms with van der Waals surface area (Å²) in [6.07, 6.45) is 1.82. The lowest BCUT2D eigenvalue weighted by Gasteiger charge is -2.04. The summed E-state index contributed by atoms with van der Waals surface area (Å²) in [5.41, 5.74) is 1.48.